The Bertz CT molecular complexity index is 336. The van der Waals surface area contributed by atoms with E-state index in [0.29, 0.717) is 26.2 Å². The Labute approximate surface area is 102 Å². The predicted octanol–water partition coefficient (Wildman–Crippen LogP) is -0.955. The summed E-state index contributed by atoms with van der Waals surface area (Å²) in [5.41, 5.74) is 5.24. The molecule has 1 amide bonds. The highest BCUT2D eigenvalue weighted by Crippen LogP contribution is 2.06. The van der Waals surface area contributed by atoms with Crippen LogP contribution in [0.2, 0.25) is 0 Å². The van der Waals surface area contributed by atoms with Crippen LogP contribution in [-0.4, -0.2) is 51.6 Å². The first-order valence-electron chi connectivity index (χ1n) is 5.81. The zero-order valence-electron chi connectivity index (χ0n) is 9.85. The molecule has 0 unspecified atom stereocenters. The van der Waals surface area contributed by atoms with Crippen molar-refractivity contribution in [2.45, 2.75) is 25.3 Å². The van der Waals surface area contributed by atoms with Crippen LogP contribution in [0.4, 0.5) is 0 Å². The number of amides is 1. The van der Waals surface area contributed by atoms with Gasteiger partial charge in [-0.25, -0.2) is 8.42 Å². The Hall–Kier alpha value is -0.660. The van der Waals surface area contributed by atoms with E-state index in [4.69, 9.17) is 10.5 Å². The normalized spacial score (nSPS) is 17.9. The lowest BCUT2D eigenvalue weighted by Crippen LogP contribution is -2.41. The number of nitrogens with two attached hydrogens (primary N) is 1. The van der Waals surface area contributed by atoms with E-state index in [9.17, 15) is 13.2 Å². The van der Waals surface area contributed by atoms with Gasteiger partial charge in [0.2, 0.25) is 5.91 Å². The van der Waals surface area contributed by atoms with Gasteiger partial charge in [-0.3, -0.25) is 4.79 Å². The van der Waals surface area contributed by atoms with E-state index >= 15 is 0 Å². The van der Waals surface area contributed by atoms with Crippen LogP contribution in [0.15, 0.2) is 0 Å². The van der Waals surface area contributed by atoms with Crippen LogP contribution < -0.4 is 11.1 Å². The molecule has 0 saturated carbocycles. The number of hydrogen-bond acceptors (Lipinski definition) is 5. The second-order valence-electron chi connectivity index (χ2n) is 4.19. The van der Waals surface area contributed by atoms with Crippen LogP contribution in [0.5, 0.6) is 0 Å². The maximum Gasteiger partial charge on any atom is 0.235 e. The first kappa shape index (κ1) is 14.4. The molecule has 1 rings (SSSR count). The average molecular weight is 264 g/mol. The van der Waals surface area contributed by atoms with Gasteiger partial charge in [-0.2, -0.15) is 0 Å². The highest BCUT2D eigenvalue weighted by atomic mass is 32.2. The first-order valence-corrected chi connectivity index (χ1v) is 7.63. The van der Waals surface area contributed by atoms with Crippen LogP contribution in [0.25, 0.3) is 0 Å². The topological polar surface area (TPSA) is 98.5 Å². The van der Waals surface area contributed by atoms with Gasteiger partial charge in [-0.15, -0.1) is 0 Å². The Morgan fingerprint density at radius 1 is 1.35 bits per heavy atom. The maximum absolute atomic E-state index is 11.5. The van der Waals surface area contributed by atoms with Crippen LogP contribution in [0.1, 0.15) is 19.3 Å². The van der Waals surface area contributed by atoms with E-state index in [-0.39, 0.29) is 11.8 Å². The standard InChI is InChI=1S/C10H20N2O4S/c11-4-1-7-17(14,15)8-10(13)12-9-2-5-16-6-3-9/h9H,1-8,11H2,(H,12,13). The summed E-state index contributed by atoms with van der Waals surface area (Å²) < 4.78 is 28.2. The number of ether oxygens (including phenoxy) is 1. The Morgan fingerprint density at radius 3 is 2.59 bits per heavy atom. The molecule has 1 heterocycles. The molecule has 0 aliphatic carbocycles. The zero-order chi connectivity index (χ0) is 12.7. The molecule has 1 fully saturated rings. The van der Waals surface area contributed by atoms with E-state index in [2.05, 4.69) is 5.32 Å². The van der Waals surface area contributed by atoms with Crippen molar-refractivity contribution in [1.29, 1.82) is 0 Å². The Morgan fingerprint density at radius 2 is 2.00 bits per heavy atom. The fraction of sp³-hybridized carbons (Fsp3) is 0.900. The summed E-state index contributed by atoms with van der Waals surface area (Å²) in [6.45, 7) is 1.55. The molecule has 0 aromatic heterocycles. The summed E-state index contributed by atoms with van der Waals surface area (Å²) in [4.78, 5) is 11.5. The summed E-state index contributed by atoms with van der Waals surface area (Å²) in [7, 11) is -3.32. The molecule has 0 aromatic rings. The lowest BCUT2D eigenvalue weighted by atomic mass is 10.1. The number of nitrogens with one attached hydrogen (secondary N) is 1. The van der Waals surface area contributed by atoms with E-state index in [1.165, 1.54) is 0 Å². The van der Waals surface area contributed by atoms with E-state index in [0.717, 1.165) is 12.8 Å². The van der Waals surface area contributed by atoms with Crippen molar-refractivity contribution < 1.29 is 17.9 Å². The Kier molecular flexibility index (Phi) is 5.87. The van der Waals surface area contributed by atoms with Gasteiger partial charge < -0.3 is 15.8 Å². The van der Waals surface area contributed by atoms with Gasteiger partial charge in [0.05, 0.1) is 5.75 Å². The molecule has 1 aliphatic heterocycles. The van der Waals surface area contributed by atoms with Gasteiger partial charge in [0.15, 0.2) is 9.84 Å². The zero-order valence-corrected chi connectivity index (χ0v) is 10.7. The van der Waals surface area contributed by atoms with Crippen molar-refractivity contribution in [3.8, 4) is 0 Å². The van der Waals surface area contributed by atoms with Crippen LogP contribution >= 0.6 is 0 Å². The number of rotatable bonds is 6. The molecule has 3 N–H and O–H groups in total. The molecular weight excluding hydrogens is 244 g/mol. The minimum absolute atomic E-state index is 0.0231. The number of carbonyl (C=O) groups excluding carboxylic acids is 1. The minimum atomic E-state index is -3.32. The van der Waals surface area contributed by atoms with Crippen LogP contribution in [-0.2, 0) is 19.4 Å². The molecule has 0 aromatic carbocycles. The maximum atomic E-state index is 11.5. The van der Waals surface area contributed by atoms with Crippen LogP contribution in [0, 0.1) is 0 Å². The summed E-state index contributed by atoms with van der Waals surface area (Å²) in [6, 6.07) is 0.0426. The highest BCUT2D eigenvalue weighted by Gasteiger charge is 2.20. The first-order chi connectivity index (χ1) is 8.03. The Balaban J connectivity index is 2.32. The van der Waals surface area contributed by atoms with Crippen molar-refractivity contribution in [2.24, 2.45) is 5.73 Å². The minimum Gasteiger partial charge on any atom is -0.381 e. The number of carbonyl (C=O) groups is 1. The SMILES string of the molecule is NCCCS(=O)(=O)CC(=O)NC1CCOCC1. The molecule has 0 bridgehead atoms. The monoisotopic (exact) mass is 264 g/mol. The molecular formula is C10H20N2O4S. The van der Waals surface area contributed by atoms with Gasteiger partial charge in [-0.1, -0.05) is 0 Å². The largest absolute Gasteiger partial charge is 0.381 e. The molecule has 17 heavy (non-hydrogen) atoms. The van der Waals surface area contributed by atoms with Gasteiger partial charge in [0.25, 0.3) is 0 Å². The molecule has 1 saturated heterocycles. The second-order valence-corrected chi connectivity index (χ2v) is 6.37. The number of hydrogen-bond donors (Lipinski definition) is 2. The van der Waals surface area contributed by atoms with Gasteiger partial charge >= 0.3 is 0 Å². The van der Waals surface area contributed by atoms with E-state index in [1.54, 1.807) is 0 Å². The lowest BCUT2D eigenvalue weighted by Gasteiger charge is -2.23. The molecule has 7 heteroatoms. The molecule has 0 spiro atoms. The van der Waals surface area contributed by atoms with E-state index in [1.807, 2.05) is 0 Å². The lowest BCUT2D eigenvalue weighted by molar-refractivity contribution is -0.119. The molecule has 0 atom stereocenters. The fourth-order valence-electron chi connectivity index (χ4n) is 1.69. The quantitative estimate of drug-likeness (QED) is 0.644. The third kappa shape index (κ3) is 5.99. The third-order valence-electron chi connectivity index (χ3n) is 2.60. The van der Waals surface area contributed by atoms with Gasteiger partial charge in [0, 0.05) is 19.3 Å². The van der Waals surface area contributed by atoms with Crippen molar-refractivity contribution >= 4 is 15.7 Å². The average Bonchev–Trinajstić information content (AvgIpc) is 2.27. The summed E-state index contributed by atoms with van der Waals surface area (Å²) in [5.74, 6) is -0.886. The molecule has 100 valence electrons. The predicted molar refractivity (Wildman–Crippen MR) is 64.3 cm³/mol. The van der Waals surface area contributed by atoms with Gasteiger partial charge in [0.1, 0.15) is 5.75 Å². The smallest absolute Gasteiger partial charge is 0.235 e. The molecule has 0 radical (unpaired) electrons. The summed E-state index contributed by atoms with van der Waals surface area (Å²) >= 11 is 0. The van der Waals surface area contributed by atoms with Crippen molar-refractivity contribution in [1.82, 2.24) is 5.32 Å². The summed E-state index contributed by atoms with van der Waals surface area (Å²) in [6.07, 6.45) is 1.88. The van der Waals surface area contributed by atoms with Crippen molar-refractivity contribution in [3.05, 3.63) is 0 Å². The third-order valence-corrected chi connectivity index (χ3v) is 4.21. The molecule has 6 nitrogen and oxygen atoms in total. The molecule has 1 aliphatic rings. The van der Waals surface area contributed by atoms with Crippen LogP contribution in [0.3, 0.4) is 0 Å². The van der Waals surface area contributed by atoms with Crippen molar-refractivity contribution in [2.75, 3.05) is 31.3 Å². The fourth-order valence-corrected chi connectivity index (χ4v) is 2.92. The van der Waals surface area contributed by atoms with E-state index < -0.39 is 21.5 Å². The summed E-state index contributed by atoms with van der Waals surface area (Å²) in [5, 5.41) is 2.72. The van der Waals surface area contributed by atoms with Crippen molar-refractivity contribution in [3.63, 3.8) is 0 Å². The second kappa shape index (κ2) is 6.93. The van der Waals surface area contributed by atoms with Gasteiger partial charge in [-0.05, 0) is 25.8 Å². The number of sulfone groups is 1. The highest BCUT2D eigenvalue weighted by molar-refractivity contribution is 7.92.